The van der Waals surface area contributed by atoms with E-state index in [4.69, 9.17) is 4.74 Å². The van der Waals surface area contributed by atoms with Crippen molar-refractivity contribution in [2.75, 3.05) is 6.61 Å². The summed E-state index contributed by atoms with van der Waals surface area (Å²) < 4.78 is 5.84. The molecule has 0 rings (SSSR count). The van der Waals surface area contributed by atoms with E-state index in [0.717, 1.165) is 6.61 Å². The van der Waals surface area contributed by atoms with E-state index in [0.29, 0.717) is 6.10 Å². The molecule has 0 aliphatic rings. The Balaban J connectivity index is 3.07. The summed E-state index contributed by atoms with van der Waals surface area (Å²) in [6.45, 7) is 7.74. The van der Waals surface area contributed by atoms with Crippen molar-refractivity contribution in [1.29, 1.82) is 0 Å². The fourth-order valence-electron chi connectivity index (χ4n) is 2.99. The maximum Gasteiger partial charge on any atom is 0.0547 e. The molecule has 0 spiro atoms. The fraction of sp³-hybridized carbons (Fsp3) is 1.00. The van der Waals surface area contributed by atoms with Crippen LogP contribution in [0.2, 0.25) is 0 Å². The second-order valence-electron chi connectivity index (χ2n) is 7.07. The molecule has 0 heterocycles. The van der Waals surface area contributed by atoms with Gasteiger partial charge in [0.05, 0.1) is 6.10 Å². The lowest BCUT2D eigenvalue weighted by Crippen LogP contribution is -2.09. The highest BCUT2D eigenvalue weighted by Crippen LogP contribution is 2.13. The highest BCUT2D eigenvalue weighted by atomic mass is 16.5. The third kappa shape index (κ3) is 18.0. The van der Waals surface area contributed by atoms with Crippen LogP contribution < -0.4 is 0 Å². The van der Waals surface area contributed by atoms with E-state index < -0.39 is 0 Å². The first-order valence-corrected chi connectivity index (χ1v) is 10.4. The lowest BCUT2D eigenvalue weighted by Gasteiger charge is -2.12. The minimum absolute atomic E-state index is 0.472. The van der Waals surface area contributed by atoms with E-state index in [9.17, 15) is 0 Å². The molecule has 22 heavy (non-hydrogen) atoms. The summed E-state index contributed by atoms with van der Waals surface area (Å²) in [5.41, 5.74) is 0. The van der Waals surface area contributed by atoms with Gasteiger partial charge in [-0.25, -0.2) is 0 Å². The van der Waals surface area contributed by atoms with E-state index in [1.165, 1.54) is 103 Å². The van der Waals surface area contributed by atoms with Gasteiger partial charge in [-0.2, -0.15) is 0 Å². The molecule has 1 heteroatoms. The van der Waals surface area contributed by atoms with Crippen molar-refractivity contribution in [1.82, 2.24) is 0 Å². The standard InChI is InChI=1S/C21H44O/c1-4-6-8-9-10-11-12-13-14-15-16-17-19-21(3)22-20-18-7-5-2/h21H,4-20H2,1-3H3. The molecule has 1 nitrogen and oxygen atoms in total. The molecule has 1 atom stereocenters. The zero-order valence-electron chi connectivity index (χ0n) is 16.0. The smallest absolute Gasteiger partial charge is 0.0547 e. The quantitative estimate of drug-likeness (QED) is 0.236. The van der Waals surface area contributed by atoms with E-state index >= 15 is 0 Å². The van der Waals surface area contributed by atoms with Crippen LogP contribution >= 0.6 is 0 Å². The molecule has 0 saturated carbocycles. The van der Waals surface area contributed by atoms with Crippen molar-refractivity contribution in [2.45, 2.75) is 130 Å². The Labute approximate surface area is 141 Å². The molecule has 0 saturated heterocycles. The molecular weight excluding hydrogens is 268 g/mol. The Kier molecular flexibility index (Phi) is 19.0. The molecule has 0 amide bonds. The molecule has 0 aromatic rings. The normalized spacial score (nSPS) is 12.7. The first kappa shape index (κ1) is 22.0. The summed E-state index contributed by atoms with van der Waals surface area (Å²) in [7, 11) is 0. The predicted octanol–water partition coefficient (Wildman–Crippen LogP) is 7.67. The van der Waals surface area contributed by atoms with Crippen molar-refractivity contribution < 1.29 is 4.74 Å². The van der Waals surface area contributed by atoms with Crippen LogP contribution in [0.5, 0.6) is 0 Å². The third-order valence-electron chi connectivity index (χ3n) is 4.61. The number of hydrogen-bond acceptors (Lipinski definition) is 1. The van der Waals surface area contributed by atoms with Gasteiger partial charge < -0.3 is 4.74 Å². The van der Waals surface area contributed by atoms with Crippen LogP contribution in [0.15, 0.2) is 0 Å². The average Bonchev–Trinajstić information content (AvgIpc) is 2.52. The van der Waals surface area contributed by atoms with Crippen LogP contribution in [-0.4, -0.2) is 12.7 Å². The maximum atomic E-state index is 5.84. The van der Waals surface area contributed by atoms with E-state index in [2.05, 4.69) is 20.8 Å². The average molecular weight is 313 g/mol. The molecular formula is C21H44O. The van der Waals surface area contributed by atoms with Gasteiger partial charge in [0.15, 0.2) is 0 Å². The van der Waals surface area contributed by atoms with Gasteiger partial charge in [-0.15, -0.1) is 0 Å². The second-order valence-corrected chi connectivity index (χ2v) is 7.07. The number of unbranched alkanes of at least 4 members (excludes halogenated alkanes) is 13. The number of hydrogen-bond donors (Lipinski definition) is 0. The van der Waals surface area contributed by atoms with E-state index in [-0.39, 0.29) is 0 Å². The SMILES string of the molecule is CCCCCCCCCCCCCCC(C)OCCCCC. The highest BCUT2D eigenvalue weighted by molar-refractivity contribution is 4.53. The lowest BCUT2D eigenvalue weighted by molar-refractivity contribution is 0.0559. The Hall–Kier alpha value is -0.0400. The third-order valence-corrected chi connectivity index (χ3v) is 4.61. The van der Waals surface area contributed by atoms with Crippen LogP contribution in [0.25, 0.3) is 0 Å². The summed E-state index contributed by atoms with van der Waals surface area (Å²) in [6, 6.07) is 0. The van der Waals surface area contributed by atoms with Crippen LogP contribution in [0.3, 0.4) is 0 Å². The second kappa shape index (κ2) is 19.0. The van der Waals surface area contributed by atoms with Gasteiger partial charge in [-0.3, -0.25) is 0 Å². The molecule has 0 radical (unpaired) electrons. The van der Waals surface area contributed by atoms with Crippen molar-refractivity contribution in [3.8, 4) is 0 Å². The molecule has 0 aliphatic heterocycles. The van der Waals surface area contributed by atoms with E-state index in [1.807, 2.05) is 0 Å². The van der Waals surface area contributed by atoms with E-state index in [1.54, 1.807) is 0 Å². The Morgan fingerprint density at radius 1 is 0.545 bits per heavy atom. The van der Waals surface area contributed by atoms with Crippen LogP contribution in [0.1, 0.15) is 124 Å². The largest absolute Gasteiger partial charge is 0.379 e. The molecule has 0 N–H and O–H groups in total. The highest BCUT2D eigenvalue weighted by Gasteiger charge is 2.01. The zero-order chi connectivity index (χ0) is 16.3. The Morgan fingerprint density at radius 3 is 1.45 bits per heavy atom. The van der Waals surface area contributed by atoms with Crippen molar-refractivity contribution in [3.05, 3.63) is 0 Å². The van der Waals surface area contributed by atoms with Gasteiger partial charge in [0.1, 0.15) is 0 Å². The van der Waals surface area contributed by atoms with Gasteiger partial charge in [0.25, 0.3) is 0 Å². The molecule has 134 valence electrons. The minimum Gasteiger partial charge on any atom is -0.379 e. The molecule has 0 aliphatic carbocycles. The monoisotopic (exact) mass is 312 g/mol. The van der Waals surface area contributed by atoms with Crippen LogP contribution in [0.4, 0.5) is 0 Å². The molecule has 0 aromatic heterocycles. The summed E-state index contributed by atoms with van der Waals surface area (Å²) in [5, 5.41) is 0. The zero-order valence-corrected chi connectivity index (χ0v) is 16.0. The number of rotatable bonds is 18. The summed E-state index contributed by atoms with van der Waals surface area (Å²) in [6.07, 6.45) is 22.7. The number of ether oxygens (including phenoxy) is 1. The Bertz CT molecular complexity index is 190. The first-order chi connectivity index (χ1) is 10.8. The summed E-state index contributed by atoms with van der Waals surface area (Å²) in [5.74, 6) is 0. The van der Waals surface area contributed by atoms with Crippen LogP contribution in [0, 0.1) is 0 Å². The summed E-state index contributed by atoms with van der Waals surface area (Å²) >= 11 is 0. The lowest BCUT2D eigenvalue weighted by atomic mass is 10.0. The predicted molar refractivity (Wildman–Crippen MR) is 101 cm³/mol. The molecule has 0 bridgehead atoms. The van der Waals surface area contributed by atoms with Gasteiger partial charge in [0, 0.05) is 6.61 Å². The molecule has 0 fully saturated rings. The molecule has 0 aromatic carbocycles. The van der Waals surface area contributed by atoms with Gasteiger partial charge in [0.2, 0.25) is 0 Å². The van der Waals surface area contributed by atoms with Crippen LogP contribution in [-0.2, 0) is 4.74 Å². The molecule has 1 unspecified atom stereocenters. The fourth-order valence-corrected chi connectivity index (χ4v) is 2.99. The van der Waals surface area contributed by atoms with Gasteiger partial charge >= 0.3 is 0 Å². The van der Waals surface area contributed by atoms with Crippen molar-refractivity contribution in [3.63, 3.8) is 0 Å². The van der Waals surface area contributed by atoms with Gasteiger partial charge in [-0.05, 0) is 19.8 Å². The van der Waals surface area contributed by atoms with Crippen molar-refractivity contribution in [2.24, 2.45) is 0 Å². The summed E-state index contributed by atoms with van der Waals surface area (Å²) in [4.78, 5) is 0. The minimum atomic E-state index is 0.472. The van der Waals surface area contributed by atoms with Crippen molar-refractivity contribution >= 4 is 0 Å². The first-order valence-electron chi connectivity index (χ1n) is 10.4. The Morgan fingerprint density at radius 2 is 0.955 bits per heavy atom. The topological polar surface area (TPSA) is 9.23 Å². The van der Waals surface area contributed by atoms with Gasteiger partial charge in [-0.1, -0.05) is 104 Å². The maximum absolute atomic E-state index is 5.84.